The molecule has 8 atom stereocenters. The number of rotatable bonds is 0. The minimum absolute atomic E-state index is 0.0716. The van der Waals surface area contributed by atoms with Gasteiger partial charge in [0.05, 0.1) is 12.2 Å². The lowest BCUT2D eigenvalue weighted by atomic mass is 9.46. The van der Waals surface area contributed by atoms with E-state index in [1.165, 1.54) is 32.1 Å². The molecular formula is C19H32O6S. The van der Waals surface area contributed by atoms with Crippen LogP contribution in [0, 0.1) is 34.5 Å². The van der Waals surface area contributed by atoms with Crippen LogP contribution in [0.5, 0.6) is 0 Å². The first-order valence-electron chi connectivity index (χ1n) is 9.70. The maximum absolute atomic E-state index is 10.5. The van der Waals surface area contributed by atoms with Crippen LogP contribution in [0.15, 0.2) is 12.2 Å². The van der Waals surface area contributed by atoms with Crippen LogP contribution < -0.4 is 0 Å². The zero-order valence-electron chi connectivity index (χ0n) is 15.6. The molecular weight excluding hydrogens is 356 g/mol. The molecule has 3 fully saturated rings. The van der Waals surface area contributed by atoms with E-state index in [1.807, 2.05) is 0 Å². The summed E-state index contributed by atoms with van der Waals surface area (Å²) in [6, 6.07) is 0. The zero-order chi connectivity index (χ0) is 19.3. The largest absolute Gasteiger partial charge is 0.394 e. The van der Waals surface area contributed by atoms with Crippen molar-refractivity contribution in [2.75, 3.05) is 0 Å². The molecule has 26 heavy (non-hydrogen) atoms. The summed E-state index contributed by atoms with van der Waals surface area (Å²) in [5.41, 5.74) is 0.472. The molecule has 150 valence electrons. The van der Waals surface area contributed by atoms with Crippen molar-refractivity contribution >= 4 is 10.4 Å². The highest BCUT2D eigenvalue weighted by Gasteiger charge is 2.59. The summed E-state index contributed by atoms with van der Waals surface area (Å²) >= 11 is 0. The quantitative estimate of drug-likeness (QED) is 0.375. The molecule has 4 N–H and O–H groups in total. The summed E-state index contributed by atoms with van der Waals surface area (Å²) in [4.78, 5) is 0. The summed E-state index contributed by atoms with van der Waals surface area (Å²) in [6.07, 6.45) is 12.4. The maximum Gasteiger partial charge on any atom is 0.394 e. The highest BCUT2D eigenvalue weighted by atomic mass is 32.3. The number of hydrogen-bond donors (Lipinski definition) is 4. The first-order chi connectivity index (χ1) is 11.9. The molecule has 0 saturated heterocycles. The first-order valence-corrected chi connectivity index (χ1v) is 11.1. The van der Waals surface area contributed by atoms with Crippen LogP contribution in [0.25, 0.3) is 0 Å². The molecule has 0 aromatic carbocycles. The van der Waals surface area contributed by atoms with E-state index in [0.29, 0.717) is 5.92 Å². The van der Waals surface area contributed by atoms with Crippen molar-refractivity contribution in [3.63, 3.8) is 0 Å². The van der Waals surface area contributed by atoms with Crippen LogP contribution >= 0.6 is 0 Å². The third kappa shape index (κ3) is 3.61. The van der Waals surface area contributed by atoms with Crippen LogP contribution in [0.3, 0.4) is 0 Å². The second-order valence-corrected chi connectivity index (χ2v) is 10.2. The monoisotopic (exact) mass is 388 g/mol. The minimum Gasteiger partial charge on any atom is -0.393 e. The third-order valence-corrected chi connectivity index (χ3v) is 8.12. The molecule has 0 aromatic rings. The normalized spacial score (nSPS) is 50.1. The molecule has 0 aliphatic heterocycles. The number of hydrogen-bond acceptors (Lipinski definition) is 4. The second-order valence-electron chi connectivity index (χ2n) is 9.26. The van der Waals surface area contributed by atoms with Crippen LogP contribution in [0.2, 0.25) is 0 Å². The Labute approximate surface area is 156 Å². The highest BCUT2D eigenvalue weighted by molar-refractivity contribution is 7.79. The van der Waals surface area contributed by atoms with Crippen molar-refractivity contribution in [3.8, 4) is 0 Å². The Balaban J connectivity index is 0.000000349. The lowest BCUT2D eigenvalue weighted by Gasteiger charge is -2.59. The SMILES string of the molecule is C[C@]12C=CC(O)CC1CC[C@@H]1[C@H]2CC[C@]2(C)C(O)CC[C@@H]12.O=S(=O)(O)O. The van der Waals surface area contributed by atoms with Crippen LogP contribution in [-0.4, -0.2) is 39.9 Å². The van der Waals surface area contributed by atoms with Crippen molar-refractivity contribution < 1.29 is 27.7 Å². The highest BCUT2D eigenvalue weighted by Crippen LogP contribution is 2.65. The van der Waals surface area contributed by atoms with Crippen molar-refractivity contribution in [3.05, 3.63) is 12.2 Å². The topological polar surface area (TPSA) is 115 Å². The fourth-order valence-electron chi connectivity index (χ4n) is 6.76. The van der Waals surface area contributed by atoms with Crippen LogP contribution in [0.4, 0.5) is 0 Å². The van der Waals surface area contributed by atoms with Gasteiger partial charge in [0.2, 0.25) is 0 Å². The molecule has 0 spiro atoms. The summed E-state index contributed by atoms with van der Waals surface area (Å²) in [6.45, 7) is 4.80. The molecule has 4 rings (SSSR count). The summed E-state index contributed by atoms with van der Waals surface area (Å²) in [5.74, 6) is 2.95. The van der Waals surface area contributed by atoms with E-state index in [9.17, 15) is 10.2 Å². The molecule has 4 aliphatic rings. The van der Waals surface area contributed by atoms with Crippen molar-refractivity contribution in [1.29, 1.82) is 0 Å². The van der Waals surface area contributed by atoms with Crippen molar-refractivity contribution in [2.24, 2.45) is 34.5 Å². The zero-order valence-corrected chi connectivity index (χ0v) is 16.4. The fraction of sp³-hybridized carbons (Fsp3) is 0.895. The molecule has 0 heterocycles. The average molecular weight is 389 g/mol. The molecule has 0 aromatic heterocycles. The maximum atomic E-state index is 10.5. The van der Waals surface area contributed by atoms with Gasteiger partial charge in [-0.05, 0) is 79.4 Å². The van der Waals surface area contributed by atoms with E-state index in [1.54, 1.807) is 0 Å². The molecule has 6 nitrogen and oxygen atoms in total. The van der Waals surface area contributed by atoms with Gasteiger partial charge in [-0.25, -0.2) is 0 Å². The lowest BCUT2D eigenvalue weighted by molar-refractivity contribution is -0.0994. The Morgan fingerprint density at radius 1 is 0.962 bits per heavy atom. The van der Waals surface area contributed by atoms with E-state index in [2.05, 4.69) is 26.0 Å². The van der Waals surface area contributed by atoms with Gasteiger partial charge in [-0.1, -0.05) is 26.0 Å². The Morgan fingerprint density at radius 2 is 1.62 bits per heavy atom. The van der Waals surface area contributed by atoms with Crippen molar-refractivity contribution in [1.82, 2.24) is 0 Å². The number of aliphatic hydroxyl groups excluding tert-OH is 2. The van der Waals surface area contributed by atoms with Crippen LogP contribution in [0.1, 0.15) is 58.8 Å². The predicted molar refractivity (Wildman–Crippen MR) is 97.8 cm³/mol. The first kappa shape index (κ1) is 20.3. The lowest BCUT2D eigenvalue weighted by Crippen LogP contribution is -2.53. The van der Waals surface area contributed by atoms with Gasteiger partial charge >= 0.3 is 10.4 Å². The minimum atomic E-state index is -4.67. The molecule has 0 bridgehead atoms. The second kappa shape index (κ2) is 6.85. The fourth-order valence-corrected chi connectivity index (χ4v) is 6.76. The number of allylic oxidation sites excluding steroid dienone is 1. The van der Waals surface area contributed by atoms with Gasteiger partial charge in [-0.2, -0.15) is 8.42 Å². The van der Waals surface area contributed by atoms with Crippen molar-refractivity contribution in [2.45, 2.75) is 71.0 Å². The molecule has 4 aliphatic carbocycles. The average Bonchev–Trinajstić information content (AvgIpc) is 2.82. The van der Waals surface area contributed by atoms with E-state index in [-0.39, 0.29) is 23.0 Å². The van der Waals surface area contributed by atoms with Gasteiger partial charge in [0.25, 0.3) is 0 Å². The molecule has 3 unspecified atom stereocenters. The van der Waals surface area contributed by atoms with Gasteiger partial charge in [-0.15, -0.1) is 0 Å². The standard InChI is InChI=1S/C19H30O2.H2O4S/c1-18-9-7-13(20)11-12(18)3-4-14-15-5-6-17(21)19(15,2)10-8-16(14)18;1-5(2,3)4/h7,9,12-17,20-21H,3-6,8,10-11H2,1-2H3;(H2,1,2,3,4)/t12?,13?,14-,15-,16+,17?,18-,19-;/m0./s1. The van der Waals surface area contributed by atoms with Gasteiger partial charge < -0.3 is 10.2 Å². The predicted octanol–water partition coefficient (Wildman–Crippen LogP) is 2.87. The Kier molecular flexibility index (Phi) is 5.34. The van der Waals surface area contributed by atoms with E-state index in [0.717, 1.165) is 30.6 Å². The van der Waals surface area contributed by atoms with Gasteiger partial charge in [-0.3, -0.25) is 9.11 Å². The van der Waals surface area contributed by atoms with Gasteiger partial charge in [0.15, 0.2) is 0 Å². The smallest absolute Gasteiger partial charge is 0.393 e. The number of aliphatic hydroxyl groups is 2. The van der Waals surface area contributed by atoms with Gasteiger partial charge in [0.1, 0.15) is 0 Å². The summed E-state index contributed by atoms with van der Waals surface area (Å²) in [5, 5.41) is 20.4. The molecule has 0 amide bonds. The van der Waals surface area contributed by atoms with Crippen LogP contribution in [-0.2, 0) is 10.4 Å². The summed E-state index contributed by atoms with van der Waals surface area (Å²) < 4.78 is 31.6. The Morgan fingerprint density at radius 3 is 2.27 bits per heavy atom. The number of fused-ring (bicyclic) bond motifs is 5. The molecule has 7 heteroatoms. The third-order valence-electron chi connectivity index (χ3n) is 8.12. The Bertz CT molecular complexity index is 653. The Hall–Kier alpha value is -0.470. The van der Waals surface area contributed by atoms with E-state index in [4.69, 9.17) is 17.5 Å². The van der Waals surface area contributed by atoms with E-state index >= 15 is 0 Å². The molecule has 3 saturated carbocycles. The molecule has 0 radical (unpaired) electrons. The summed E-state index contributed by atoms with van der Waals surface area (Å²) in [7, 11) is -4.67. The van der Waals surface area contributed by atoms with E-state index < -0.39 is 10.4 Å². The van der Waals surface area contributed by atoms with Gasteiger partial charge in [0, 0.05) is 0 Å².